The molecule has 0 radical (unpaired) electrons. The van der Waals surface area contributed by atoms with Crippen LogP contribution in [0.3, 0.4) is 0 Å². The zero-order valence-electron chi connectivity index (χ0n) is 21.9. The van der Waals surface area contributed by atoms with E-state index in [-0.39, 0.29) is 0 Å². The van der Waals surface area contributed by atoms with Gasteiger partial charge in [0.2, 0.25) is 0 Å². The van der Waals surface area contributed by atoms with Crippen molar-refractivity contribution in [2.75, 3.05) is 24.2 Å². The van der Waals surface area contributed by atoms with E-state index in [4.69, 9.17) is 4.98 Å². The third-order valence-corrected chi connectivity index (χ3v) is 8.77. The van der Waals surface area contributed by atoms with Crippen molar-refractivity contribution in [2.24, 2.45) is 7.05 Å². The van der Waals surface area contributed by atoms with Crippen LogP contribution in [0.4, 0.5) is 5.82 Å². The molecule has 0 amide bonds. The first-order valence-corrected chi connectivity index (χ1v) is 14.3. The number of anilines is 1. The molecule has 0 spiro atoms. The summed E-state index contributed by atoms with van der Waals surface area (Å²) < 4.78 is 3.57. The predicted molar refractivity (Wildman–Crippen MR) is 154 cm³/mol. The van der Waals surface area contributed by atoms with E-state index in [2.05, 4.69) is 74.8 Å². The molecule has 39 heavy (non-hydrogen) atoms. The first-order valence-electron chi connectivity index (χ1n) is 13.1. The highest BCUT2D eigenvalue weighted by Crippen LogP contribution is 2.37. The van der Waals surface area contributed by atoms with E-state index in [1.807, 2.05) is 31.8 Å². The molecule has 2 bridgehead atoms. The van der Waals surface area contributed by atoms with Crippen molar-refractivity contribution in [3.8, 4) is 28.3 Å². The monoisotopic (exact) mass is 532 g/mol. The summed E-state index contributed by atoms with van der Waals surface area (Å²) in [6.45, 7) is 3.00. The van der Waals surface area contributed by atoms with Gasteiger partial charge in [-0.1, -0.05) is 12.1 Å². The maximum Gasteiger partial charge on any atom is 0.128 e. The third-order valence-electron chi connectivity index (χ3n) is 8.02. The Kier molecular flexibility index (Phi) is 5.87. The van der Waals surface area contributed by atoms with E-state index >= 15 is 0 Å². The number of aromatic nitrogens is 5. The van der Waals surface area contributed by atoms with Gasteiger partial charge in [0.05, 0.1) is 23.5 Å². The molecule has 3 aliphatic heterocycles. The highest BCUT2D eigenvalue weighted by atomic mass is 32.2. The first-order chi connectivity index (χ1) is 19.1. The van der Waals surface area contributed by atoms with Gasteiger partial charge < -0.3 is 4.90 Å². The standard InChI is InChI=1S/C30H28N8S/c1-35-16-24(14-33-35)22-9-28(30-23(11-31)13-34-38(30)17-22)21-5-8-29(32-12-21)36-18-25-10-26(19-36)37(25)15-20-3-6-27(39-2)7-4-20/h3-9,12-14,16-17,25-26H,10,15,18-19H2,1-2H3. The molecule has 194 valence electrons. The molecule has 8 rings (SSSR count). The molecular weight excluding hydrogens is 504 g/mol. The van der Waals surface area contributed by atoms with Crippen molar-refractivity contribution >= 4 is 23.1 Å². The van der Waals surface area contributed by atoms with Gasteiger partial charge in [-0.05, 0) is 48.6 Å². The van der Waals surface area contributed by atoms with Crippen LogP contribution in [0.1, 0.15) is 17.5 Å². The molecule has 5 aromatic rings. The van der Waals surface area contributed by atoms with Crippen LogP contribution in [0.5, 0.6) is 0 Å². The number of rotatable bonds is 6. The lowest BCUT2D eigenvalue weighted by Crippen LogP contribution is -2.68. The second-order valence-electron chi connectivity index (χ2n) is 10.4. The Morgan fingerprint density at radius 2 is 1.77 bits per heavy atom. The Labute approximate surface area is 231 Å². The molecule has 4 aromatic heterocycles. The van der Waals surface area contributed by atoms with Crippen molar-refractivity contribution in [3.05, 3.63) is 84.6 Å². The van der Waals surface area contributed by atoms with Gasteiger partial charge in [-0.2, -0.15) is 15.5 Å². The highest BCUT2D eigenvalue weighted by Gasteiger charge is 2.44. The normalized spacial score (nSPS) is 18.7. The lowest BCUT2D eigenvalue weighted by molar-refractivity contribution is -0.00869. The fraction of sp³-hybridized carbons (Fsp3) is 0.267. The van der Waals surface area contributed by atoms with Crippen LogP contribution in [0, 0.1) is 11.3 Å². The largest absolute Gasteiger partial charge is 0.353 e. The second-order valence-corrected chi connectivity index (χ2v) is 11.3. The SMILES string of the molecule is CSc1ccc(CN2C3CC2CN(c2ccc(-c4cc(-c5cnn(C)c5)cn5ncc(C#N)c45)cn2)C3)cc1. The van der Waals surface area contributed by atoms with Crippen molar-refractivity contribution in [1.82, 2.24) is 29.3 Å². The first kappa shape index (κ1) is 23.9. The molecule has 7 heterocycles. The predicted octanol–water partition coefficient (Wildman–Crippen LogP) is 4.85. The molecule has 2 atom stereocenters. The van der Waals surface area contributed by atoms with Crippen LogP contribution in [0.2, 0.25) is 0 Å². The summed E-state index contributed by atoms with van der Waals surface area (Å²) in [6, 6.07) is 18.7. The fourth-order valence-electron chi connectivity index (χ4n) is 5.96. The van der Waals surface area contributed by atoms with Crippen molar-refractivity contribution in [1.29, 1.82) is 5.26 Å². The molecule has 0 N–H and O–H groups in total. The van der Waals surface area contributed by atoms with E-state index in [0.717, 1.165) is 53.2 Å². The molecule has 3 saturated heterocycles. The Hall–Kier alpha value is -4.13. The van der Waals surface area contributed by atoms with Gasteiger partial charge in [0.25, 0.3) is 0 Å². The highest BCUT2D eigenvalue weighted by molar-refractivity contribution is 7.98. The van der Waals surface area contributed by atoms with E-state index in [9.17, 15) is 5.26 Å². The quantitative estimate of drug-likeness (QED) is 0.289. The third kappa shape index (κ3) is 4.26. The Morgan fingerprint density at radius 1 is 0.949 bits per heavy atom. The number of benzene rings is 1. The summed E-state index contributed by atoms with van der Waals surface area (Å²) in [5, 5.41) is 18.5. The zero-order chi connectivity index (χ0) is 26.5. The number of nitrogens with zero attached hydrogens (tertiary/aromatic N) is 8. The van der Waals surface area contributed by atoms with Crippen LogP contribution < -0.4 is 4.90 Å². The molecule has 0 aliphatic carbocycles. The van der Waals surface area contributed by atoms with Gasteiger partial charge in [0.15, 0.2) is 0 Å². The van der Waals surface area contributed by atoms with E-state index in [1.54, 1.807) is 27.2 Å². The maximum atomic E-state index is 9.72. The summed E-state index contributed by atoms with van der Waals surface area (Å²) in [5.74, 6) is 1.01. The molecular formula is C30H28N8S. The molecule has 3 aliphatic rings. The van der Waals surface area contributed by atoms with E-state index < -0.39 is 0 Å². The minimum Gasteiger partial charge on any atom is -0.353 e. The van der Waals surface area contributed by atoms with Gasteiger partial charge in [-0.3, -0.25) is 9.58 Å². The maximum absolute atomic E-state index is 9.72. The molecule has 9 heteroatoms. The number of fused-ring (bicyclic) bond motifs is 3. The molecule has 8 nitrogen and oxygen atoms in total. The van der Waals surface area contributed by atoms with Crippen molar-refractivity contribution in [3.63, 3.8) is 0 Å². The number of pyridine rings is 2. The minimum absolute atomic E-state index is 0.547. The van der Waals surface area contributed by atoms with Crippen LogP contribution in [0.25, 0.3) is 27.8 Å². The Bertz CT molecular complexity index is 1680. The van der Waals surface area contributed by atoms with Gasteiger partial charge in [0, 0.05) is 84.5 Å². The van der Waals surface area contributed by atoms with E-state index in [0.29, 0.717) is 17.6 Å². The summed E-state index contributed by atoms with van der Waals surface area (Å²) in [5.41, 5.74) is 6.60. The number of nitriles is 1. The Morgan fingerprint density at radius 3 is 2.44 bits per heavy atom. The smallest absolute Gasteiger partial charge is 0.128 e. The van der Waals surface area contributed by atoms with Gasteiger partial charge >= 0.3 is 0 Å². The van der Waals surface area contributed by atoms with Crippen molar-refractivity contribution in [2.45, 2.75) is 29.9 Å². The number of piperazine rings is 1. The lowest BCUT2D eigenvalue weighted by atomic mass is 9.86. The molecule has 0 saturated carbocycles. The summed E-state index contributed by atoms with van der Waals surface area (Å²) in [7, 11) is 1.90. The topological polar surface area (TPSA) is 78.3 Å². The van der Waals surface area contributed by atoms with Crippen LogP contribution in [-0.4, -0.2) is 60.7 Å². The zero-order valence-corrected chi connectivity index (χ0v) is 22.7. The lowest BCUT2D eigenvalue weighted by Gasteiger charge is -2.56. The van der Waals surface area contributed by atoms with Crippen LogP contribution >= 0.6 is 11.8 Å². The average Bonchev–Trinajstić information content (AvgIpc) is 3.62. The number of piperidine rings is 1. The van der Waals surface area contributed by atoms with E-state index in [1.165, 1.54) is 16.9 Å². The molecule has 1 aromatic carbocycles. The number of aryl methyl sites for hydroxylation is 1. The number of thioether (sulfide) groups is 1. The fourth-order valence-corrected chi connectivity index (χ4v) is 6.37. The van der Waals surface area contributed by atoms with Gasteiger partial charge in [0.1, 0.15) is 11.9 Å². The summed E-state index contributed by atoms with van der Waals surface area (Å²) >= 11 is 1.78. The average molecular weight is 533 g/mol. The number of hydrogen-bond acceptors (Lipinski definition) is 7. The molecule has 3 fully saturated rings. The van der Waals surface area contributed by atoms with Crippen LogP contribution in [0.15, 0.2) is 78.3 Å². The number of hydrogen-bond donors (Lipinski definition) is 0. The summed E-state index contributed by atoms with van der Waals surface area (Å²) in [6.07, 6.45) is 12.7. The van der Waals surface area contributed by atoms with Crippen LogP contribution in [-0.2, 0) is 13.6 Å². The molecule has 2 unspecified atom stereocenters. The van der Waals surface area contributed by atoms with Crippen molar-refractivity contribution < 1.29 is 0 Å². The summed E-state index contributed by atoms with van der Waals surface area (Å²) in [4.78, 5) is 11.3. The van der Waals surface area contributed by atoms with Gasteiger partial charge in [-0.25, -0.2) is 9.50 Å². The Balaban J connectivity index is 1.12. The minimum atomic E-state index is 0.547. The van der Waals surface area contributed by atoms with Gasteiger partial charge in [-0.15, -0.1) is 11.8 Å². The second kappa shape index (κ2) is 9.56.